The number of benzene rings is 1. The molecule has 1 aliphatic carbocycles. The maximum atomic E-state index is 12.6. The topological polar surface area (TPSA) is 113 Å². The molecule has 10 heteroatoms. The van der Waals surface area contributed by atoms with Crippen molar-refractivity contribution in [1.82, 2.24) is 30.7 Å². The van der Waals surface area contributed by atoms with Gasteiger partial charge in [-0.3, -0.25) is 14.5 Å². The summed E-state index contributed by atoms with van der Waals surface area (Å²) >= 11 is 0. The average molecular weight is 480 g/mol. The molecule has 0 radical (unpaired) electrons. The van der Waals surface area contributed by atoms with E-state index in [1.807, 2.05) is 12.1 Å². The molecule has 0 unspecified atom stereocenters. The Morgan fingerprint density at radius 2 is 1.80 bits per heavy atom. The Morgan fingerprint density at radius 1 is 1.06 bits per heavy atom. The molecule has 1 aromatic carbocycles. The lowest BCUT2D eigenvalue weighted by atomic mass is 9.91. The van der Waals surface area contributed by atoms with Crippen LogP contribution in [0.15, 0.2) is 24.4 Å². The first kappa shape index (κ1) is 23.5. The Balaban J connectivity index is 1.11. The average Bonchev–Trinajstić information content (AvgIpc) is 3.35. The van der Waals surface area contributed by atoms with Crippen molar-refractivity contribution in [2.45, 2.75) is 51.1 Å². The molecule has 2 aromatic rings. The minimum absolute atomic E-state index is 0.0159. The fourth-order valence-electron chi connectivity index (χ4n) is 5.23. The zero-order chi connectivity index (χ0) is 24.2. The van der Waals surface area contributed by atoms with Crippen LogP contribution in [0.3, 0.4) is 0 Å². The number of piperazine rings is 1. The van der Waals surface area contributed by atoms with Crippen molar-refractivity contribution in [1.29, 1.82) is 0 Å². The summed E-state index contributed by atoms with van der Waals surface area (Å²) in [6.07, 6.45) is 6.23. The van der Waals surface area contributed by atoms with Crippen LogP contribution < -0.4 is 20.3 Å². The largest absolute Gasteiger partial charge is 0.492 e. The third kappa shape index (κ3) is 5.70. The molecule has 5 rings (SSSR count). The van der Waals surface area contributed by atoms with Gasteiger partial charge in [0.1, 0.15) is 5.75 Å². The number of nitrogens with one attached hydrogen (secondary N) is 2. The minimum Gasteiger partial charge on any atom is -0.492 e. The standard InChI is InChI=1S/C25H33N7O3/c1-17(33)27-19-5-7-20(8-6-19)28-23(34)16-31-10-12-32(13-11-31)25-29-22(15-26-30-25)21-4-2-3-18-9-14-35-24(18)21/h2-4,15,19-20H,5-14,16H2,1H3,(H,27,33)(H,28,34)/t19-,20-. The summed E-state index contributed by atoms with van der Waals surface area (Å²) in [4.78, 5) is 32.9. The molecule has 1 saturated heterocycles. The Kier molecular flexibility index (Phi) is 7.08. The van der Waals surface area contributed by atoms with Gasteiger partial charge in [0.05, 0.1) is 25.0 Å². The van der Waals surface area contributed by atoms with Crippen molar-refractivity contribution in [2.24, 2.45) is 0 Å². The first-order valence-corrected chi connectivity index (χ1v) is 12.5. The highest BCUT2D eigenvalue weighted by molar-refractivity contribution is 5.78. The molecule has 1 saturated carbocycles. The monoisotopic (exact) mass is 479 g/mol. The highest BCUT2D eigenvalue weighted by atomic mass is 16.5. The number of amides is 2. The highest BCUT2D eigenvalue weighted by Crippen LogP contribution is 2.35. The number of aromatic nitrogens is 3. The summed E-state index contributed by atoms with van der Waals surface area (Å²) < 4.78 is 5.83. The summed E-state index contributed by atoms with van der Waals surface area (Å²) in [5.41, 5.74) is 2.93. The zero-order valence-electron chi connectivity index (χ0n) is 20.2. The summed E-state index contributed by atoms with van der Waals surface area (Å²) in [5.74, 6) is 1.60. The van der Waals surface area contributed by atoms with E-state index in [0.29, 0.717) is 19.1 Å². The van der Waals surface area contributed by atoms with E-state index in [-0.39, 0.29) is 23.9 Å². The van der Waals surface area contributed by atoms with Gasteiger partial charge < -0.3 is 20.3 Å². The lowest BCUT2D eigenvalue weighted by Crippen LogP contribution is -2.51. The zero-order valence-corrected chi connectivity index (χ0v) is 20.2. The van der Waals surface area contributed by atoms with E-state index >= 15 is 0 Å². The van der Waals surface area contributed by atoms with Crippen molar-refractivity contribution >= 4 is 17.8 Å². The molecule has 10 nitrogen and oxygen atoms in total. The number of fused-ring (bicyclic) bond motifs is 1. The SMILES string of the molecule is CC(=O)N[C@H]1CC[C@H](NC(=O)CN2CCN(c3nncc(-c4cccc5c4OCC5)n3)CC2)CC1. The Hall–Kier alpha value is -3.27. The maximum absolute atomic E-state index is 12.6. The van der Waals surface area contributed by atoms with Gasteiger partial charge in [-0.2, -0.15) is 5.10 Å². The van der Waals surface area contributed by atoms with Crippen molar-refractivity contribution in [2.75, 3.05) is 44.2 Å². The second-order valence-corrected chi connectivity index (χ2v) is 9.61. The maximum Gasteiger partial charge on any atom is 0.245 e. The van der Waals surface area contributed by atoms with Gasteiger partial charge in [-0.1, -0.05) is 12.1 Å². The summed E-state index contributed by atoms with van der Waals surface area (Å²) in [6, 6.07) is 6.57. The fourth-order valence-corrected chi connectivity index (χ4v) is 5.23. The Labute approximate surface area is 205 Å². The lowest BCUT2D eigenvalue weighted by molar-refractivity contribution is -0.123. The van der Waals surface area contributed by atoms with Gasteiger partial charge in [0, 0.05) is 57.2 Å². The normalized spacial score (nSPS) is 22.3. The lowest BCUT2D eigenvalue weighted by Gasteiger charge is -2.35. The number of anilines is 1. The summed E-state index contributed by atoms with van der Waals surface area (Å²) in [5, 5.41) is 14.6. The van der Waals surface area contributed by atoms with Crippen LogP contribution in [-0.2, 0) is 16.0 Å². The van der Waals surface area contributed by atoms with Crippen LogP contribution in [0.2, 0.25) is 0 Å². The van der Waals surface area contributed by atoms with Crippen molar-refractivity contribution in [3.8, 4) is 17.0 Å². The van der Waals surface area contributed by atoms with Gasteiger partial charge in [0.2, 0.25) is 17.8 Å². The molecule has 0 atom stereocenters. The van der Waals surface area contributed by atoms with Crippen molar-refractivity contribution in [3.05, 3.63) is 30.0 Å². The number of rotatable bonds is 6. The number of ether oxygens (including phenoxy) is 1. The number of carbonyl (C=O) groups is 2. The van der Waals surface area contributed by atoms with Crippen LogP contribution in [0, 0.1) is 0 Å². The predicted molar refractivity (Wildman–Crippen MR) is 131 cm³/mol. The predicted octanol–water partition coefficient (Wildman–Crippen LogP) is 1.16. The summed E-state index contributed by atoms with van der Waals surface area (Å²) in [7, 11) is 0. The Bertz CT molecular complexity index is 1060. The molecular formula is C25H33N7O3. The molecule has 35 heavy (non-hydrogen) atoms. The van der Waals surface area contributed by atoms with E-state index in [9.17, 15) is 9.59 Å². The highest BCUT2D eigenvalue weighted by Gasteiger charge is 2.26. The second kappa shape index (κ2) is 10.6. The van der Waals surface area contributed by atoms with Crippen LogP contribution in [0.4, 0.5) is 5.95 Å². The first-order valence-electron chi connectivity index (χ1n) is 12.5. The molecule has 0 spiro atoms. The molecule has 186 valence electrons. The van der Waals surface area contributed by atoms with Gasteiger partial charge in [-0.15, -0.1) is 5.10 Å². The van der Waals surface area contributed by atoms with Crippen LogP contribution in [-0.4, -0.2) is 83.3 Å². The minimum atomic E-state index is 0.0159. The molecule has 2 amide bonds. The smallest absolute Gasteiger partial charge is 0.245 e. The van der Waals surface area contributed by atoms with Gasteiger partial charge in [0.25, 0.3) is 0 Å². The van der Waals surface area contributed by atoms with Gasteiger partial charge in [0.15, 0.2) is 0 Å². The first-order chi connectivity index (χ1) is 17.0. The number of carbonyl (C=O) groups excluding carboxylic acids is 2. The van der Waals surface area contributed by atoms with Gasteiger partial charge in [-0.25, -0.2) is 4.98 Å². The number of hydrogen-bond acceptors (Lipinski definition) is 8. The van der Waals surface area contributed by atoms with Gasteiger partial charge in [-0.05, 0) is 37.3 Å². The molecule has 0 bridgehead atoms. The molecule has 2 N–H and O–H groups in total. The molecule has 1 aromatic heterocycles. The van der Waals surface area contributed by atoms with Crippen LogP contribution in [0.25, 0.3) is 11.3 Å². The molecule has 3 heterocycles. The van der Waals surface area contributed by atoms with Crippen LogP contribution >= 0.6 is 0 Å². The van der Waals surface area contributed by atoms with Crippen molar-refractivity contribution in [3.63, 3.8) is 0 Å². The van der Waals surface area contributed by atoms with E-state index in [1.165, 1.54) is 5.56 Å². The fraction of sp³-hybridized carbons (Fsp3) is 0.560. The van der Waals surface area contributed by atoms with E-state index in [4.69, 9.17) is 9.72 Å². The Morgan fingerprint density at radius 3 is 2.54 bits per heavy atom. The number of para-hydroxylation sites is 1. The van der Waals surface area contributed by atoms with Crippen LogP contribution in [0.1, 0.15) is 38.2 Å². The molecular weight excluding hydrogens is 446 g/mol. The molecule has 2 aliphatic heterocycles. The number of hydrogen-bond donors (Lipinski definition) is 2. The third-order valence-corrected chi connectivity index (χ3v) is 7.06. The third-order valence-electron chi connectivity index (χ3n) is 7.06. The summed E-state index contributed by atoms with van der Waals surface area (Å²) in [6.45, 7) is 5.65. The number of nitrogens with zero attached hydrogens (tertiary/aromatic N) is 5. The molecule has 3 aliphatic rings. The van der Waals surface area contributed by atoms with E-state index < -0.39 is 0 Å². The molecule has 2 fully saturated rings. The quantitative estimate of drug-likeness (QED) is 0.635. The second-order valence-electron chi connectivity index (χ2n) is 9.61. The van der Waals surface area contributed by atoms with E-state index in [1.54, 1.807) is 13.1 Å². The van der Waals surface area contributed by atoms with E-state index in [2.05, 4.69) is 36.7 Å². The van der Waals surface area contributed by atoms with Crippen molar-refractivity contribution < 1.29 is 14.3 Å². The van der Waals surface area contributed by atoms with Crippen LogP contribution in [0.5, 0.6) is 5.75 Å². The van der Waals surface area contributed by atoms with Gasteiger partial charge >= 0.3 is 0 Å². The van der Waals surface area contributed by atoms with E-state index in [0.717, 1.165) is 75.3 Å².